The minimum atomic E-state index is 0.876. The molecule has 0 radical (unpaired) electrons. The summed E-state index contributed by atoms with van der Waals surface area (Å²) in [6.07, 6.45) is 16.1. The molecule has 0 unspecified atom stereocenters. The van der Waals surface area contributed by atoms with E-state index >= 15 is 0 Å². The minimum absolute atomic E-state index is 0.876. The normalized spacial score (nSPS) is 21.9. The third-order valence-corrected chi connectivity index (χ3v) is 3.51. The van der Waals surface area contributed by atoms with Crippen LogP contribution in [-0.2, 0) is 6.42 Å². The van der Waals surface area contributed by atoms with Gasteiger partial charge in [0.2, 0.25) is 0 Å². The van der Waals surface area contributed by atoms with Gasteiger partial charge < -0.3 is 0 Å². The molecule has 17 heavy (non-hydrogen) atoms. The average Bonchev–Trinajstić information content (AvgIpc) is 3.06. The minimum Gasteiger partial charge on any atom is -0.283 e. The van der Waals surface area contributed by atoms with Crippen LogP contribution in [0.15, 0.2) is 41.6 Å². The molecule has 0 atom stereocenters. The van der Waals surface area contributed by atoms with Crippen molar-refractivity contribution >= 4 is 0 Å². The molecule has 1 aromatic rings. The number of nitrogens with one attached hydrogen (secondary N) is 1. The molecule has 0 aromatic carbocycles. The van der Waals surface area contributed by atoms with Gasteiger partial charge in [0.15, 0.2) is 0 Å². The molecule has 88 valence electrons. The first-order valence-corrected chi connectivity index (χ1v) is 6.38. The van der Waals surface area contributed by atoms with Crippen molar-refractivity contribution < 1.29 is 0 Å². The zero-order chi connectivity index (χ0) is 11.7. The molecule has 2 aliphatic carbocycles. The van der Waals surface area contributed by atoms with E-state index < -0.39 is 0 Å². The van der Waals surface area contributed by atoms with Crippen LogP contribution in [0.4, 0.5) is 0 Å². The molecule has 0 aliphatic heterocycles. The fourth-order valence-electron chi connectivity index (χ4n) is 2.19. The van der Waals surface area contributed by atoms with Gasteiger partial charge in [-0.1, -0.05) is 24.3 Å². The first-order chi connectivity index (χ1) is 8.31. The Kier molecular flexibility index (Phi) is 2.71. The lowest BCUT2D eigenvalue weighted by atomic mass is 9.97. The molecule has 1 N–H and O–H groups in total. The van der Waals surface area contributed by atoms with Crippen molar-refractivity contribution in [2.75, 3.05) is 0 Å². The second kappa shape index (κ2) is 4.36. The van der Waals surface area contributed by atoms with Crippen molar-refractivity contribution in [3.8, 4) is 0 Å². The van der Waals surface area contributed by atoms with E-state index in [2.05, 4.69) is 41.4 Å². The van der Waals surface area contributed by atoms with Crippen LogP contribution in [0.5, 0.6) is 0 Å². The smallest absolute Gasteiger partial charge is 0.0525 e. The highest BCUT2D eigenvalue weighted by Gasteiger charge is 2.18. The molecular formula is C15H18N2. The van der Waals surface area contributed by atoms with E-state index in [1.54, 1.807) is 0 Å². The maximum atomic E-state index is 4.06. The van der Waals surface area contributed by atoms with E-state index in [0.717, 1.165) is 18.8 Å². The topological polar surface area (TPSA) is 28.7 Å². The van der Waals surface area contributed by atoms with Crippen molar-refractivity contribution in [2.24, 2.45) is 5.92 Å². The third kappa shape index (κ3) is 2.57. The van der Waals surface area contributed by atoms with Crippen LogP contribution in [0, 0.1) is 12.8 Å². The maximum Gasteiger partial charge on any atom is 0.0525 e. The summed E-state index contributed by atoms with van der Waals surface area (Å²) in [6, 6.07) is 0. The Morgan fingerprint density at radius 2 is 2.29 bits per heavy atom. The van der Waals surface area contributed by atoms with Crippen LogP contribution >= 0.6 is 0 Å². The monoisotopic (exact) mass is 226 g/mol. The summed E-state index contributed by atoms with van der Waals surface area (Å²) < 4.78 is 0. The van der Waals surface area contributed by atoms with Gasteiger partial charge in [0, 0.05) is 12.1 Å². The largest absolute Gasteiger partial charge is 0.283 e. The zero-order valence-electron chi connectivity index (χ0n) is 10.2. The van der Waals surface area contributed by atoms with Crippen LogP contribution in [0.25, 0.3) is 0 Å². The predicted octanol–water partition coefficient (Wildman–Crippen LogP) is 3.48. The molecule has 3 rings (SSSR count). The van der Waals surface area contributed by atoms with Crippen molar-refractivity contribution in [2.45, 2.75) is 32.6 Å². The number of aryl methyl sites for hydroxylation is 1. The number of hydrogen-bond acceptors (Lipinski definition) is 1. The van der Waals surface area contributed by atoms with E-state index in [9.17, 15) is 0 Å². The lowest BCUT2D eigenvalue weighted by Gasteiger charge is -2.09. The van der Waals surface area contributed by atoms with Crippen LogP contribution in [0.2, 0.25) is 0 Å². The van der Waals surface area contributed by atoms with Gasteiger partial charge in [-0.25, -0.2) is 0 Å². The van der Waals surface area contributed by atoms with Crippen LogP contribution in [0.1, 0.15) is 30.5 Å². The van der Waals surface area contributed by atoms with Gasteiger partial charge in [-0.3, -0.25) is 5.10 Å². The average molecular weight is 226 g/mol. The molecule has 1 aromatic heterocycles. The van der Waals surface area contributed by atoms with Gasteiger partial charge in [0.1, 0.15) is 0 Å². The number of rotatable bonds is 3. The number of H-pyrrole nitrogens is 1. The highest BCUT2D eigenvalue weighted by molar-refractivity contribution is 5.39. The highest BCUT2D eigenvalue weighted by atomic mass is 15.1. The van der Waals surface area contributed by atoms with Crippen molar-refractivity contribution in [1.82, 2.24) is 10.2 Å². The molecule has 0 spiro atoms. The van der Waals surface area contributed by atoms with Crippen LogP contribution < -0.4 is 0 Å². The summed E-state index contributed by atoms with van der Waals surface area (Å²) in [5.41, 5.74) is 5.37. The Balaban J connectivity index is 1.65. The van der Waals surface area contributed by atoms with Gasteiger partial charge in [-0.2, -0.15) is 5.10 Å². The summed E-state index contributed by atoms with van der Waals surface area (Å²) in [7, 11) is 0. The fourth-order valence-corrected chi connectivity index (χ4v) is 2.19. The summed E-state index contributed by atoms with van der Waals surface area (Å²) in [6.45, 7) is 2.08. The molecule has 2 aliphatic rings. The van der Waals surface area contributed by atoms with E-state index in [-0.39, 0.29) is 0 Å². The summed E-state index contributed by atoms with van der Waals surface area (Å²) in [5.74, 6) is 0.876. The summed E-state index contributed by atoms with van der Waals surface area (Å²) >= 11 is 0. The molecule has 1 heterocycles. The first-order valence-electron chi connectivity index (χ1n) is 6.38. The second-order valence-electron chi connectivity index (χ2n) is 5.09. The Hall–Kier alpha value is -1.57. The maximum absolute atomic E-state index is 4.06. The number of aromatic amines is 1. The first kappa shape index (κ1) is 10.6. The Labute approximate surface area is 102 Å². The number of aromatic nitrogens is 2. The lowest BCUT2D eigenvalue weighted by molar-refractivity contribution is 1.04. The molecule has 0 bridgehead atoms. The Morgan fingerprint density at radius 1 is 1.41 bits per heavy atom. The SMILES string of the molecule is Cc1[nH]ncc1CC1=CCC(=CC2CC2)C=C1. The van der Waals surface area contributed by atoms with E-state index in [1.807, 2.05) is 6.20 Å². The van der Waals surface area contributed by atoms with Gasteiger partial charge in [-0.15, -0.1) is 0 Å². The molecule has 1 fully saturated rings. The third-order valence-electron chi connectivity index (χ3n) is 3.51. The van der Waals surface area contributed by atoms with Crippen molar-refractivity contribution in [1.29, 1.82) is 0 Å². The molecule has 1 saturated carbocycles. The summed E-state index contributed by atoms with van der Waals surface area (Å²) in [5, 5.41) is 7.05. The van der Waals surface area contributed by atoms with E-state index in [1.165, 1.54) is 35.2 Å². The fraction of sp³-hybridized carbons (Fsp3) is 0.400. The summed E-state index contributed by atoms with van der Waals surface area (Å²) in [4.78, 5) is 0. The lowest BCUT2D eigenvalue weighted by Crippen LogP contribution is -1.94. The van der Waals surface area contributed by atoms with Crippen LogP contribution in [0.3, 0.4) is 0 Å². The number of allylic oxidation sites excluding steroid dienone is 6. The van der Waals surface area contributed by atoms with Crippen LogP contribution in [-0.4, -0.2) is 10.2 Å². The number of hydrogen-bond donors (Lipinski definition) is 1. The van der Waals surface area contributed by atoms with E-state index in [0.29, 0.717) is 0 Å². The predicted molar refractivity (Wildman–Crippen MR) is 69.7 cm³/mol. The zero-order valence-corrected chi connectivity index (χ0v) is 10.2. The highest BCUT2D eigenvalue weighted by Crippen LogP contribution is 2.33. The molecule has 0 amide bonds. The Bertz CT molecular complexity index is 499. The molecule has 2 nitrogen and oxygen atoms in total. The van der Waals surface area contributed by atoms with Gasteiger partial charge in [0.25, 0.3) is 0 Å². The molecule has 0 saturated heterocycles. The number of nitrogens with zero attached hydrogens (tertiary/aromatic N) is 1. The van der Waals surface area contributed by atoms with Gasteiger partial charge in [0.05, 0.1) is 6.20 Å². The van der Waals surface area contributed by atoms with Crippen molar-refractivity contribution in [3.63, 3.8) is 0 Å². The van der Waals surface area contributed by atoms with Crippen molar-refractivity contribution in [3.05, 3.63) is 52.9 Å². The van der Waals surface area contributed by atoms with Gasteiger partial charge >= 0.3 is 0 Å². The van der Waals surface area contributed by atoms with Gasteiger partial charge in [-0.05, 0) is 48.8 Å². The quantitative estimate of drug-likeness (QED) is 0.839. The molecule has 2 heteroatoms. The molecular weight excluding hydrogens is 208 g/mol. The standard InChI is InChI=1S/C15H18N2/c1-11-15(10-16-17-11)9-14-6-4-13(5-7-14)8-12-2-3-12/h4,6-8,10,12H,2-3,5,9H2,1H3,(H,16,17). The second-order valence-corrected chi connectivity index (χ2v) is 5.09. The Morgan fingerprint density at radius 3 is 2.88 bits per heavy atom. The van der Waals surface area contributed by atoms with E-state index in [4.69, 9.17) is 0 Å².